The first-order chi connectivity index (χ1) is 10.1. The molecule has 1 amide bonds. The molecule has 1 saturated heterocycles. The maximum absolute atomic E-state index is 12.8. The molecule has 1 fully saturated rings. The fourth-order valence-electron chi connectivity index (χ4n) is 2.37. The summed E-state index contributed by atoms with van der Waals surface area (Å²) in [5.74, 6) is -0.619. The predicted octanol–water partition coefficient (Wildman–Crippen LogP) is 1.76. The van der Waals surface area contributed by atoms with Crippen molar-refractivity contribution in [1.29, 1.82) is 0 Å². The molecule has 0 N–H and O–H groups in total. The van der Waals surface area contributed by atoms with Crippen LogP contribution in [0.25, 0.3) is 0 Å². The molecular weight excluding hydrogens is 277 g/mol. The van der Waals surface area contributed by atoms with Gasteiger partial charge in [0.25, 0.3) is 5.91 Å². The first-order valence-electron chi connectivity index (χ1n) is 6.87. The highest BCUT2D eigenvalue weighted by molar-refractivity contribution is 5.85. The van der Waals surface area contributed by atoms with Crippen LogP contribution in [0, 0.1) is 5.82 Å². The van der Waals surface area contributed by atoms with Crippen LogP contribution in [0.2, 0.25) is 0 Å². The Morgan fingerprint density at radius 1 is 1.29 bits per heavy atom. The number of carbonyl (C=O) groups is 2. The Kier molecular flexibility index (Phi) is 5.14. The second-order valence-corrected chi connectivity index (χ2v) is 4.86. The second kappa shape index (κ2) is 7.06. The number of likely N-dealkylation sites (tertiary alicyclic amines) is 1. The van der Waals surface area contributed by atoms with E-state index in [9.17, 15) is 14.0 Å². The van der Waals surface area contributed by atoms with Crippen molar-refractivity contribution in [1.82, 2.24) is 4.90 Å². The lowest BCUT2D eigenvalue weighted by Gasteiger charge is -2.33. The molecule has 0 bridgehead atoms. The summed E-state index contributed by atoms with van der Waals surface area (Å²) in [6.07, 6.45) is 2.35. The average molecular weight is 295 g/mol. The number of esters is 1. The molecule has 114 valence electrons. The highest BCUT2D eigenvalue weighted by Crippen LogP contribution is 2.19. The topological polar surface area (TPSA) is 55.8 Å². The van der Waals surface area contributed by atoms with Crippen molar-refractivity contribution in [2.24, 2.45) is 0 Å². The first kappa shape index (κ1) is 15.3. The Morgan fingerprint density at radius 2 is 2.00 bits per heavy atom. The SMILES string of the molecule is COC(=O)[C@H]1CCCCN1C(=O)COc1ccc(F)cc1. The third kappa shape index (κ3) is 3.93. The number of benzene rings is 1. The Balaban J connectivity index is 1.94. The van der Waals surface area contributed by atoms with E-state index in [4.69, 9.17) is 9.47 Å². The van der Waals surface area contributed by atoms with Crippen LogP contribution in [0.3, 0.4) is 0 Å². The van der Waals surface area contributed by atoms with Crippen LogP contribution >= 0.6 is 0 Å². The molecule has 1 atom stereocenters. The van der Waals surface area contributed by atoms with Gasteiger partial charge in [0.1, 0.15) is 17.6 Å². The summed E-state index contributed by atoms with van der Waals surface area (Å²) in [6.45, 7) is 0.338. The zero-order chi connectivity index (χ0) is 15.2. The quantitative estimate of drug-likeness (QED) is 0.794. The van der Waals surface area contributed by atoms with Gasteiger partial charge in [-0.3, -0.25) is 4.79 Å². The minimum Gasteiger partial charge on any atom is -0.484 e. The van der Waals surface area contributed by atoms with Gasteiger partial charge in [0.05, 0.1) is 7.11 Å². The van der Waals surface area contributed by atoms with E-state index in [1.807, 2.05) is 0 Å². The molecule has 0 radical (unpaired) electrons. The van der Waals surface area contributed by atoms with Gasteiger partial charge in [-0.25, -0.2) is 9.18 Å². The van der Waals surface area contributed by atoms with E-state index in [-0.39, 0.29) is 18.3 Å². The molecule has 1 aromatic rings. The molecule has 21 heavy (non-hydrogen) atoms. The molecule has 0 aliphatic carbocycles. The standard InChI is InChI=1S/C15H18FNO4/c1-20-15(19)13-4-2-3-9-17(13)14(18)10-21-12-7-5-11(16)6-8-12/h5-8,13H,2-4,9-10H2,1H3/t13-/m1/s1. The highest BCUT2D eigenvalue weighted by atomic mass is 19.1. The Morgan fingerprint density at radius 3 is 2.67 bits per heavy atom. The number of carbonyl (C=O) groups excluding carboxylic acids is 2. The summed E-state index contributed by atoms with van der Waals surface area (Å²) in [6, 6.07) is 4.90. The maximum atomic E-state index is 12.8. The lowest BCUT2D eigenvalue weighted by atomic mass is 10.0. The fourth-order valence-corrected chi connectivity index (χ4v) is 2.37. The van der Waals surface area contributed by atoms with E-state index < -0.39 is 12.0 Å². The van der Waals surface area contributed by atoms with Gasteiger partial charge in [0, 0.05) is 6.54 Å². The van der Waals surface area contributed by atoms with Crippen molar-refractivity contribution in [3.8, 4) is 5.75 Å². The molecule has 2 rings (SSSR count). The van der Waals surface area contributed by atoms with Crippen molar-refractivity contribution >= 4 is 11.9 Å². The molecule has 0 unspecified atom stereocenters. The van der Waals surface area contributed by atoms with Gasteiger partial charge < -0.3 is 14.4 Å². The third-order valence-corrected chi connectivity index (χ3v) is 3.47. The van der Waals surface area contributed by atoms with Crippen LogP contribution in [-0.2, 0) is 14.3 Å². The zero-order valence-electron chi connectivity index (χ0n) is 11.9. The first-order valence-corrected chi connectivity index (χ1v) is 6.87. The van der Waals surface area contributed by atoms with Crippen LogP contribution in [0.5, 0.6) is 5.75 Å². The van der Waals surface area contributed by atoms with E-state index in [0.29, 0.717) is 18.7 Å². The Hall–Kier alpha value is -2.11. The third-order valence-electron chi connectivity index (χ3n) is 3.47. The average Bonchev–Trinajstić information content (AvgIpc) is 2.53. The molecule has 6 heteroatoms. The molecule has 1 aromatic carbocycles. The number of rotatable bonds is 4. The van der Waals surface area contributed by atoms with Gasteiger partial charge in [0.2, 0.25) is 0 Å². The van der Waals surface area contributed by atoms with E-state index >= 15 is 0 Å². The maximum Gasteiger partial charge on any atom is 0.328 e. The molecule has 0 spiro atoms. The number of nitrogens with zero attached hydrogens (tertiary/aromatic N) is 1. The van der Waals surface area contributed by atoms with Gasteiger partial charge in [-0.2, -0.15) is 0 Å². The largest absolute Gasteiger partial charge is 0.484 e. The van der Waals surface area contributed by atoms with Crippen molar-refractivity contribution in [3.05, 3.63) is 30.1 Å². The normalized spacial score (nSPS) is 18.2. The van der Waals surface area contributed by atoms with E-state index in [1.165, 1.54) is 36.3 Å². The van der Waals surface area contributed by atoms with Crippen LogP contribution in [-0.4, -0.2) is 43.1 Å². The fraction of sp³-hybridized carbons (Fsp3) is 0.467. The Labute approximate surface area is 122 Å². The lowest BCUT2D eigenvalue weighted by molar-refractivity contribution is -0.155. The molecule has 1 aliphatic rings. The smallest absolute Gasteiger partial charge is 0.328 e. The monoisotopic (exact) mass is 295 g/mol. The van der Waals surface area contributed by atoms with Crippen molar-refractivity contribution in [2.45, 2.75) is 25.3 Å². The molecule has 1 aliphatic heterocycles. The molecule has 0 aromatic heterocycles. The number of hydrogen-bond donors (Lipinski definition) is 0. The number of hydrogen-bond acceptors (Lipinski definition) is 4. The molecule has 1 heterocycles. The van der Waals surface area contributed by atoms with Crippen molar-refractivity contribution < 1.29 is 23.5 Å². The van der Waals surface area contributed by atoms with Gasteiger partial charge in [0.15, 0.2) is 6.61 Å². The van der Waals surface area contributed by atoms with Crippen molar-refractivity contribution in [2.75, 3.05) is 20.3 Å². The molecular formula is C15H18FNO4. The predicted molar refractivity (Wildman–Crippen MR) is 73.3 cm³/mol. The summed E-state index contributed by atoms with van der Waals surface area (Å²) in [7, 11) is 1.31. The minimum atomic E-state index is -0.534. The second-order valence-electron chi connectivity index (χ2n) is 4.86. The number of ether oxygens (including phenoxy) is 2. The van der Waals surface area contributed by atoms with Crippen LogP contribution < -0.4 is 4.74 Å². The van der Waals surface area contributed by atoms with E-state index in [1.54, 1.807) is 0 Å². The van der Waals surface area contributed by atoms with Gasteiger partial charge >= 0.3 is 5.97 Å². The van der Waals surface area contributed by atoms with Crippen LogP contribution in [0.15, 0.2) is 24.3 Å². The summed E-state index contributed by atoms with van der Waals surface area (Å²) >= 11 is 0. The van der Waals surface area contributed by atoms with Gasteiger partial charge in [-0.05, 0) is 43.5 Å². The van der Waals surface area contributed by atoms with E-state index in [0.717, 1.165) is 12.8 Å². The highest BCUT2D eigenvalue weighted by Gasteiger charge is 2.32. The lowest BCUT2D eigenvalue weighted by Crippen LogP contribution is -2.50. The van der Waals surface area contributed by atoms with E-state index in [2.05, 4.69) is 0 Å². The number of methoxy groups -OCH3 is 1. The zero-order valence-corrected chi connectivity index (χ0v) is 11.9. The number of amides is 1. The minimum absolute atomic E-state index is 0.181. The summed E-state index contributed by atoms with van der Waals surface area (Å²) < 4.78 is 22.8. The Bertz CT molecular complexity index is 503. The molecule has 5 nitrogen and oxygen atoms in total. The summed E-state index contributed by atoms with van der Waals surface area (Å²) in [5, 5.41) is 0. The summed E-state index contributed by atoms with van der Waals surface area (Å²) in [5.41, 5.74) is 0. The summed E-state index contributed by atoms with van der Waals surface area (Å²) in [4.78, 5) is 25.4. The van der Waals surface area contributed by atoms with Gasteiger partial charge in [-0.1, -0.05) is 0 Å². The number of halogens is 1. The van der Waals surface area contributed by atoms with Crippen LogP contribution in [0.4, 0.5) is 4.39 Å². The van der Waals surface area contributed by atoms with Gasteiger partial charge in [-0.15, -0.1) is 0 Å². The molecule has 0 saturated carbocycles. The van der Waals surface area contributed by atoms with Crippen molar-refractivity contribution in [3.63, 3.8) is 0 Å². The van der Waals surface area contributed by atoms with Crippen LogP contribution in [0.1, 0.15) is 19.3 Å². The number of piperidine rings is 1.